The molecular formula is C22H29N3O. The molecule has 4 rings (SSSR count). The minimum atomic E-state index is 0.0478. The molecule has 2 aliphatic heterocycles. The molecule has 0 bridgehead atoms. The van der Waals surface area contributed by atoms with Crippen LogP contribution in [0.25, 0.3) is 0 Å². The van der Waals surface area contributed by atoms with Crippen LogP contribution in [-0.2, 0) is 11.8 Å². The molecule has 0 spiro atoms. The van der Waals surface area contributed by atoms with Crippen LogP contribution in [0, 0.1) is 0 Å². The number of rotatable bonds is 3. The fourth-order valence-corrected chi connectivity index (χ4v) is 3.93. The van der Waals surface area contributed by atoms with Gasteiger partial charge in [-0.2, -0.15) is 0 Å². The molecule has 2 aromatic rings. The number of fused-ring (bicyclic) bond motifs is 2. The van der Waals surface area contributed by atoms with Crippen LogP contribution in [0.1, 0.15) is 45.7 Å². The highest BCUT2D eigenvalue weighted by molar-refractivity contribution is 5.76. The van der Waals surface area contributed by atoms with Crippen molar-refractivity contribution in [3.8, 4) is 5.75 Å². The van der Waals surface area contributed by atoms with Gasteiger partial charge in [0, 0.05) is 5.54 Å². The van der Waals surface area contributed by atoms with Gasteiger partial charge in [-0.05, 0) is 68.0 Å². The van der Waals surface area contributed by atoms with Crippen molar-refractivity contribution >= 4 is 17.1 Å². The molecule has 0 atom stereocenters. The molecule has 0 saturated carbocycles. The average Bonchev–Trinajstić information content (AvgIpc) is 3.19. The Balaban J connectivity index is 1.61. The minimum absolute atomic E-state index is 0.0478. The Morgan fingerprint density at radius 3 is 2.54 bits per heavy atom. The van der Waals surface area contributed by atoms with Crippen LogP contribution in [-0.4, -0.2) is 18.9 Å². The van der Waals surface area contributed by atoms with Crippen molar-refractivity contribution in [2.24, 2.45) is 0 Å². The molecule has 2 heterocycles. The number of nitrogens with zero attached hydrogens (tertiary/aromatic N) is 1. The Bertz CT molecular complexity index is 836. The average molecular weight is 351 g/mol. The Kier molecular flexibility index (Phi) is 3.83. The highest BCUT2D eigenvalue weighted by Crippen LogP contribution is 2.39. The van der Waals surface area contributed by atoms with Gasteiger partial charge < -0.3 is 20.3 Å². The van der Waals surface area contributed by atoms with Gasteiger partial charge in [0.2, 0.25) is 0 Å². The second-order valence-electron chi connectivity index (χ2n) is 9.02. The van der Waals surface area contributed by atoms with E-state index in [0.717, 1.165) is 24.5 Å². The van der Waals surface area contributed by atoms with Crippen LogP contribution in [0.5, 0.6) is 5.75 Å². The third kappa shape index (κ3) is 2.98. The summed E-state index contributed by atoms with van der Waals surface area (Å²) < 4.78 is 5.55. The number of hydrogen-bond donors (Lipinski definition) is 2. The smallest absolute Gasteiger partial charge is 0.159 e. The minimum Gasteiger partial charge on any atom is -0.471 e. The lowest BCUT2D eigenvalue weighted by atomic mass is 9.79. The largest absolute Gasteiger partial charge is 0.471 e. The molecule has 0 fully saturated rings. The maximum atomic E-state index is 5.55. The second-order valence-corrected chi connectivity index (χ2v) is 9.02. The van der Waals surface area contributed by atoms with E-state index in [1.807, 2.05) is 0 Å². The standard InChI is InChI=1S/C22H29N3O/c1-21(2,3)25-13-23-17-8-6-15(10-19(17)25)12-22(4,5)16-7-9-20-18(11-16)24-14-26-20/h6-11,23-24H,12-14H2,1-5H3. The number of nitrogens with one attached hydrogen (secondary N) is 2. The van der Waals surface area contributed by atoms with E-state index in [4.69, 9.17) is 4.74 Å². The topological polar surface area (TPSA) is 36.5 Å². The summed E-state index contributed by atoms with van der Waals surface area (Å²) >= 11 is 0. The third-order valence-corrected chi connectivity index (χ3v) is 5.49. The van der Waals surface area contributed by atoms with Gasteiger partial charge in [-0.1, -0.05) is 26.0 Å². The summed E-state index contributed by atoms with van der Waals surface area (Å²) in [7, 11) is 0. The molecule has 0 aromatic heterocycles. The lowest BCUT2D eigenvalue weighted by molar-refractivity contribution is 0.372. The zero-order chi connectivity index (χ0) is 18.5. The molecule has 0 saturated heterocycles. The number of anilines is 3. The van der Waals surface area contributed by atoms with Crippen LogP contribution >= 0.6 is 0 Å². The summed E-state index contributed by atoms with van der Waals surface area (Å²) in [6, 6.07) is 13.4. The van der Waals surface area contributed by atoms with E-state index in [1.54, 1.807) is 0 Å². The van der Waals surface area contributed by atoms with Crippen molar-refractivity contribution in [1.82, 2.24) is 0 Å². The van der Waals surface area contributed by atoms with Gasteiger partial charge >= 0.3 is 0 Å². The van der Waals surface area contributed by atoms with E-state index in [0.29, 0.717) is 6.73 Å². The van der Waals surface area contributed by atoms with Crippen molar-refractivity contribution < 1.29 is 4.74 Å². The Labute approximate surface area is 156 Å². The molecule has 26 heavy (non-hydrogen) atoms. The summed E-state index contributed by atoms with van der Waals surface area (Å²) in [4.78, 5) is 2.44. The molecule has 4 heteroatoms. The molecule has 2 N–H and O–H groups in total. The van der Waals surface area contributed by atoms with E-state index in [-0.39, 0.29) is 11.0 Å². The monoisotopic (exact) mass is 351 g/mol. The molecule has 0 radical (unpaired) electrons. The van der Waals surface area contributed by atoms with E-state index in [1.165, 1.54) is 22.5 Å². The number of benzene rings is 2. The SMILES string of the molecule is CC(C)(Cc1ccc2c(c1)N(C(C)(C)C)CN2)c1ccc2c(c1)NCO2. The predicted molar refractivity (Wildman–Crippen MR) is 109 cm³/mol. The van der Waals surface area contributed by atoms with E-state index in [9.17, 15) is 0 Å². The molecule has 138 valence electrons. The van der Waals surface area contributed by atoms with Gasteiger partial charge in [0.1, 0.15) is 5.75 Å². The number of hydrogen-bond acceptors (Lipinski definition) is 4. The quantitative estimate of drug-likeness (QED) is 0.820. The lowest BCUT2D eigenvalue weighted by Gasteiger charge is -2.34. The summed E-state index contributed by atoms with van der Waals surface area (Å²) in [6.07, 6.45) is 0.998. The first-order chi connectivity index (χ1) is 12.2. The van der Waals surface area contributed by atoms with Gasteiger partial charge in [0.25, 0.3) is 0 Å². The molecule has 2 aliphatic rings. The van der Waals surface area contributed by atoms with Gasteiger partial charge in [-0.3, -0.25) is 0 Å². The van der Waals surface area contributed by atoms with Crippen LogP contribution < -0.4 is 20.3 Å². The van der Waals surface area contributed by atoms with E-state index < -0.39 is 0 Å². The zero-order valence-electron chi connectivity index (χ0n) is 16.4. The normalized spacial score (nSPS) is 15.8. The molecule has 0 aliphatic carbocycles. The first kappa shape index (κ1) is 17.1. The van der Waals surface area contributed by atoms with Gasteiger partial charge in [-0.15, -0.1) is 0 Å². The summed E-state index contributed by atoms with van der Waals surface area (Å²) in [5, 5.41) is 6.81. The van der Waals surface area contributed by atoms with Gasteiger partial charge in [0.05, 0.1) is 23.7 Å². The summed E-state index contributed by atoms with van der Waals surface area (Å²) in [6.45, 7) is 12.9. The first-order valence-corrected chi connectivity index (χ1v) is 9.40. The number of ether oxygens (including phenoxy) is 1. The van der Waals surface area contributed by atoms with E-state index in [2.05, 4.69) is 86.6 Å². The van der Waals surface area contributed by atoms with Crippen molar-refractivity contribution in [3.63, 3.8) is 0 Å². The Morgan fingerprint density at radius 2 is 1.77 bits per heavy atom. The fraction of sp³-hybridized carbons (Fsp3) is 0.455. The lowest BCUT2D eigenvalue weighted by Crippen LogP contribution is -2.41. The molecule has 0 amide bonds. The second kappa shape index (κ2) is 5.83. The highest BCUT2D eigenvalue weighted by Gasteiger charge is 2.29. The molecule has 2 aromatic carbocycles. The molecule has 4 nitrogen and oxygen atoms in total. The van der Waals surface area contributed by atoms with Crippen LogP contribution in [0.15, 0.2) is 36.4 Å². The highest BCUT2D eigenvalue weighted by atomic mass is 16.5. The third-order valence-electron chi connectivity index (χ3n) is 5.49. The van der Waals surface area contributed by atoms with Crippen molar-refractivity contribution in [2.45, 2.75) is 52.0 Å². The van der Waals surface area contributed by atoms with E-state index >= 15 is 0 Å². The summed E-state index contributed by atoms with van der Waals surface area (Å²) in [5.74, 6) is 0.953. The molecule has 0 unspecified atom stereocenters. The van der Waals surface area contributed by atoms with Crippen LogP contribution in [0.4, 0.5) is 17.1 Å². The maximum absolute atomic E-state index is 5.55. The van der Waals surface area contributed by atoms with Gasteiger partial charge in [0.15, 0.2) is 6.73 Å². The first-order valence-electron chi connectivity index (χ1n) is 9.40. The van der Waals surface area contributed by atoms with Crippen molar-refractivity contribution in [3.05, 3.63) is 47.5 Å². The zero-order valence-corrected chi connectivity index (χ0v) is 16.4. The fourth-order valence-electron chi connectivity index (χ4n) is 3.93. The predicted octanol–water partition coefficient (Wildman–Crippen LogP) is 4.96. The Morgan fingerprint density at radius 1 is 0.962 bits per heavy atom. The van der Waals surface area contributed by atoms with Crippen molar-refractivity contribution in [1.29, 1.82) is 0 Å². The maximum Gasteiger partial charge on any atom is 0.159 e. The van der Waals surface area contributed by atoms with Crippen molar-refractivity contribution in [2.75, 3.05) is 28.9 Å². The summed E-state index contributed by atoms with van der Waals surface area (Å²) in [5.41, 5.74) is 6.52. The molecular weight excluding hydrogens is 322 g/mol. The van der Waals surface area contributed by atoms with Gasteiger partial charge in [-0.25, -0.2) is 0 Å². The Hall–Kier alpha value is -2.36. The van der Waals surface area contributed by atoms with Crippen LogP contribution in [0.2, 0.25) is 0 Å². The van der Waals surface area contributed by atoms with Crippen LogP contribution in [0.3, 0.4) is 0 Å².